The maximum atomic E-state index is 12.4. The molecule has 8 heteroatoms. The normalized spacial score (nSPS) is 16.2. The highest BCUT2D eigenvalue weighted by atomic mass is 32.2. The maximum Gasteiger partial charge on any atom is 0.270 e. The molecule has 2 aromatic carbocycles. The Bertz CT molecular complexity index is 1250. The number of rotatable bonds is 4. The van der Waals surface area contributed by atoms with Crippen LogP contribution in [0, 0.1) is 30.9 Å². The zero-order valence-corrected chi connectivity index (χ0v) is 17.9. The molecule has 0 bridgehead atoms. The first-order valence-electron chi connectivity index (χ1n) is 9.51. The number of benzene rings is 2. The number of nitrogens with one attached hydrogen (secondary N) is 1. The van der Waals surface area contributed by atoms with Crippen LogP contribution in [-0.2, 0) is 4.79 Å². The molecule has 0 radical (unpaired) electrons. The molecule has 0 aliphatic carbocycles. The number of hydrogen-bond donors (Lipinski definition) is 1. The zero-order valence-electron chi connectivity index (χ0n) is 17.1. The van der Waals surface area contributed by atoms with Gasteiger partial charge in [-0.2, -0.15) is 0 Å². The predicted octanol–water partition coefficient (Wildman–Crippen LogP) is 5.67. The Morgan fingerprint density at radius 2 is 1.81 bits per heavy atom. The van der Waals surface area contributed by atoms with E-state index in [-0.39, 0.29) is 11.6 Å². The third kappa shape index (κ3) is 4.59. The predicted molar refractivity (Wildman–Crippen MR) is 122 cm³/mol. The average molecular weight is 433 g/mol. The van der Waals surface area contributed by atoms with Crippen molar-refractivity contribution in [3.8, 4) is 11.3 Å². The van der Waals surface area contributed by atoms with Crippen LogP contribution in [0.1, 0.15) is 22.5 Å². The Hall–Kier alpha value is -3.65. The maximum absolute atomic E-state index is 12.4. The van der Waals surface area contributed by atoms with Crippen LogP contribution in [0.3, 0.4) is 0 Å². The van der Waals surface area contributed by atoms with E-state index in [1.54, 1.807) is 24.3 Å². The monoisotopic (exact) mass is 433 g/mol. The van der Waals surface area contributed by atoms with Crippen LogP contribution in [0.15, 0.2) is 62.8 Å². The minimum absolute atomic E-state index is 0.00475. The molecule has 1 fully saturated rings. The summed E-state index contributed by atoms with van der Waals surface area (Å²) in [4.78, 5) is 28.0. The molecule has 0 unspecified atom stereocenters. The summed E-state index contributed by atoms with van der Waals surface area (Å²) >= 11 is 1.24. The van der Waals surface area contributed by atoms with Crippen LogP contribution in [0.5, 0.6) is 0 Å². The van der Waals surface area contributed by atoms with Crippen molar-refractivity contribution in [2.24, 2.45) is 4.99 Å². The van der Waals surface area contributed by atoms with Crippen LogP contribution in [0.2, 0.25) is 0 Å². The van der Waals surface area contributed by atoms with Crippen molar-refractivity contribution in [2.45, 2.75) is 20.8 Å². The average Bonchev–Trinajstić information content (AvgIpc) is 3.28. The number of amides is 1. The lowest BCUT2D eigenvalue weighted by molar-refractivity contribution is -0.384. The first-order chi connectivity index (χ1) is 14.8. The molecule has 1 aliphatic heterocycles. The van der Waals surface area contributed by atoms with E-state index in [1.165, 1.54) is 23.9 Å². The second-order valence-corrected chi connectivity index (χ2v) is 8.32. The van der Waals surface area contributed by atoms with Crippen LogP contribution >= 0.6 is 11.8 Å². The highest BCUT2D eigenvalue weighted by Crippen LogP contribution is 2.32. The molecule has 3 aromatic rings. The Labute approximate surface area is 183 Å². The van der Waals surface area contributed by atoms with E-state index in [4.69, 9.17) is 4.42 Å². The largest absolute Gasteiger partial charge is 0.457 e. The van der Waals surface area contributed by atoms with Gasteiger partial charge in [0.15, 0.2) is 5.17 Å². The van der Waals surface area contributed by atoms with Crippen molar-refractivity contribution < 1.29 is 14.1 Å². The lowest BCUT2D eigenvalue weighted by Crippen LogP contribution is -2.19. The number of nitro benzene ring substituents is 1. The highest BCUT2D eigenvalue weighted by molar-refractivity contribution is 8.18. The number of carbonyl (C=O) groups excluding carboxylic acids is 1. The quantitative estimate of drug-likeness (QED) is 0.325. The van der Waals surface area contributed by atoms with Gasteiger partial charge in [0.2, 0.25) is 0 Å². The van der Waals surface area contributed by atoms with E-state index >= 15 is 0 Å². The SMILES string of the molecule is Cc1cc(C)cc(N=C2NC(=O)C(=Cc3ccc(-c4cc([N+](=O)[O-])ccc4C)o3)S2)c1. The number of aryl methyl sites for hydroxylation is 3. The minimum atomic E-state index is -0.440. The number of nitro groups is 1. The number of non-ortho nitro benzene ring substituents is 1. The Morgan fingerprint density at radius 1 is 1.06 bits per heavy atom. The van der Waals surface area contributed by atoms with Gasteiger partial charge in [0, 0.05) is 23.8 Å². The molecule has 1 N–H and O–H groups in total. The third-order valence-electron chi connectivity index (χ3n) is 4.69. The third-order valence-corrected chi connectivity index (χ3v) is 5.60. The van der Waals surface area contributed by atoms with E-state index in [0.29, 0.717) is 27.2 Å². The molecule has 0 atom stereocenters. The molecule has 1 aromatic heterocycles. The number of nitrogens with zero attached hydrogens (tertiary/aromatic N) is 2. The Balaban J connectivity index is 1.58. The minimum Gasteiger partial charge on any atom is -0.457 e. The molecule has 1 aliphatic rings. The molecule has 0 saturated carbocycles. The van der Waals surface area contributed by atoms with Crippen LogP contribution in [0.4, 0.5) is 11.4 Å². The summed E-state index contributed by atoms with van der Waals surface area (Å²) in [5.41, 5.74) is 4.47. The van der Waals surface area contributed by atoms with Gasteiger partial charge in [-0.05, 0) is 73.5 Å². The molecule has 1 amide bonds. The molecule has 156 valence electrons. The second-order valence-electron chi connectivity index (χ2n) is 7.29. The number of carbonyl (C=O) groups is 1. The molecule has 2 heterocycles. The summed E-state index contributed by atoms with van der Waals surface area (Å²) in [6, 6.07) is 14.1. The van der Waals surface area contributed by atoms with Gasteiger partial charge in [-0.25, -0.2) is 4.99 Å². The summed E-state index contributed by atoms with van der Waals surface area (Å²) in [5.74, 6) is 0.726. The number of aliphatic imine (C=N–C) groups is 1. The highest BCUT2D eigenvalue weighted by Gasteiger charge is 2.24. The number of furan rings is 1. The topological polar surface area (TPSA) is 97.7 Å². The van der Waals surface area contributed by atoms with Gasteiger partial charge >= 0.3 is 0 Å². The molecule has 31 heavy (non-hydrogen) atoms. The van der Waals surface area contributed by atoms with Crippen molar-refractivity contribution in [3.05, 3.63) is 86.0 Å². The summed E-state index contributed by atoms with van der Waals surface area (Å²) < 4.78 is 5.85. The van der Waals surface area contributed by atoms with Crippen molar-refractivity contribution in [2.75, 3.05) is 0 Å². The second kappa shape index (κ2) is 8.23. The number of thioether (sulfide) groups is 1. The fourth-order valence-corrected chi connectivity index (χ4v) is 4.13. The van der Waals surface area contributed by atoms with E-state index in [1.807, 2.05) is 32.9 Å². The summed E-state index contributed by atoms with van der Waals surface area (Å²) in [6.45, 7) is 5.86. The molecule has 1 saturated heterocycles. The van der Waals surface area contributed by atoms with Crippen LogP contribution in [-0.4, -0.2) is 16.0 Å². The number of hydrogen-bond acceptors (Lipinski definition) is 6. The molecule has 0 spiro atoms. The Kier molecular flexibility index (Phi) is 5.48. The van der Waals surface area contributed by atoms with E-state index in [2.05, 4.69) is 16.4 Å². The van der Waals surface area contributed by atoms with Crippen molar-refractivity contribution in [1.29, 1.82) is 0 Å². The van der Waals surface area contributed by atoms with Gasteiger partial charge in [0.25, 0.3) is 11.6 Å². The van der Waals surface area contributed by atoms with Crippen molar-refractivity contribution >= 4 is 40.3 Å². The van der Waals surface area contributed by atoms with Gasteiger partial charge in [-0.1, -0.05) is 12.1 Å². The molecular weight excluding hydrogens is 414 g/mol. The Morgan fingerprint density at radius 3 is 2.52 bits per heavy atom. The number of amidine groups is 1. The van der Waals surface area contributed by atoms with E-state index < -0.39 is 4.92 Å². The molecular formula is C23H19N3O4S. The fraction of sp³-hybridized carbons (Fsp3) is 0.130. The summed E-state index contributed by atoms with van der Waals surface area (Å²) in [5, 5.41) is 14.3. The molecule has 4 rings (SSSR count). The zero-order chi connectivity index (χ0) is 22.1. The van der Waals surface area contributed by atoms with Gasteiger partial charge in [0.05, 0.1) is 15.5 Å². The van der Waals surface area contributed by atoms with Gasteiger partial charge < -0.3 is 9.73 Å². The van der Waals surface area contributed by atoms with Gasteiger partial charge in [0.1, 0.15) is 11.5 Å². The fourth-order valence-electron chi connectivity index (χ4n) is 3.31. The smallest absolute Gasteiger partial charge is 0.270 e. The summed E-state index contributed by atoms with van der Waals surface area (Å²) in [6.07, 6.45) is 1.64. The van der Waals surface area contributed by atoms with Crippen LogP contribution < -0.4 is 5.32 Å². The van der Waals surface area contributed by atoms with Crippen LogP contribution in [0.25, 0.3) is 17.4 Å². The van der Waals surface area contributed by atoms with Gasteiger partial charge in [-0.3, -0.25) is 14.9 Å². The van der Waals surface area contributed by atoms with Crippen molar-refractivity contribution in [3.63, 3.8) is 0 Å². The van der Waals surface area contributed by atoms with Crippen molar-refractivity contribution in [1.82, 2.24) is 5.32 Å². The van der Waals surface area contributed by atoms with E-state index in [9.17, 15) is 14.9 Å². The first-order valence-corrected chi connectivity index (χ1v) is 10.3. The lowest BCUT2D eigenvalue weighted by Gasteiger charge is -2.02. The molecule has 7 nitrogen and oxygen atoms in total. The van der Waals surface area contributed by atoms with E-state index in [0.717, 1.165) is 22.4 Å². The summed E-state index contributed by atoms with van der Waals surface area (Å²) in [7, 11) is 0. The van der Waals surface area contributed by atoms with Gasteiger partial charge in [-0.15, -0.1) is 0 Å². The lowest BCUT2D eigenvalue weighted by atomic mass is 10.1. The first kappa shape index (κ1) is 20.6. The standard InChI is InChI=1S/C23H19N3O4S/c1-13-8-14(2)10-16(9-13)24-23-25-22(27)21(31-23)12-18-6-7-20(30-18)19-11-17(26(28)29)5-4-15(19)3/h4-12H,1-3H3,(H,24,25,27).